The summed E-state index contributed by atoms with van der Waals surface area (Å²) in [6, 6.07) is 1.47. The Bertz CT molecular complexity index is 320. The summed E-state index contributed by atoms with van der Waals surface area (Å²) in [7, 11) is 0. The molecule has 3 fully saturated rings. The first kappa shape index (κ1) is 15.8. The van der Waals surface area contributed by atoms with E-state index in [1.165, 1.54) is 51.5 Å². The van der Waals surface area contributed by atoms with Crippen molar-refractivity contribution in [1.82, 2.24) is 10.2 Å². The largest absolute Gasteiger partial charge is 0.374 e. The van der Waals surface area contributed by atoms with Gasteiger partial charge < -0.3 is 10.1 Å². The van der Waals surface area contributed by atoms with Gasteiger partial charge in [-0.15, -0.1) is 0 Å². The van der Waals surface area contributed by atoms with Gasteiger partial charge in [0.15, 0.2) is 0 Å². The lowest BCUT2D eigenvalue weighted by Gasteiger charge is -2.37. The summed E-state index contributed by atoms with van der Waals surface area (Å²) in [6.07, 6.45) is 10.2. The molecule has 122 valence electrons. The van der Waals surface area contributed by atoms with E-state index < -0.39 is 0 Å². The van der Waals surface area contributed by atoms with Crippen LogP contribution in [0, 0.1) is 11.8 Å². The summed E-state index contributed by atoms with van der Waals surface area (Å²) in [6.45, 7) is 9.19. The molecule has 0 spiro atoms. The fourth-order valence-corrected chi connectivity index (χ4v) is 4.66. The molecule has 0 amide bonds. The van der Waals surface area contributed by atoms with Crippen LogP contribution in [0.25, 0.3) is 0 Å². The molecule has 4 atom stereocenters. The monoisotopic (exact) mass is 294 g/mol. The van der Waals surface area contributed by atoms with Crippen molar-refractivity contribution in [3.63, 3.8) is 0 Å². The van der Waals surface area contributed by atoms with E-state index in [2.05, 4.69) is 24.1 Å². The Kier molecular flexibility index (Phi) is 5.58. The molecule has 1 N–H and O–H groups in total. The van der Waals surface area contributed by atoms with E-state index in [0.717, 1.165) is 43.6 Å². The number of rotatable bonds is 5. The Morgan fingerprint density at radius 3 is 2.95 bits per heavy atom. The molecule has 3 nitrogen and oxygen atoms in total. The molecule has 0 bridgehead atoms. The molecule has 0 radical (unpaired) electrons. The second-order valence-corrected chi connectivity index (χ2v) is 8.01. The molecule has 0 aromatic heterocycles. The molecule has 1 aliphatic carbocycles. The van der Waals surface area contributed by atoms with E-state index in [1.807, 2.05) is 0 Å². The Morgan fingerprint density at radius 2 is 2.10 bits per heavy atom. The van der Waals surface area contributed by atoms with Crippen molar-refractivity contribution in [2.75, 3.05) is 26.2 Å². The Hall–Kier alpha value is -0.120. The smallest absolute Gasteiger partial charge is 0.0827 e. The zero-order valence-electron chi connectivity index (χ0n) is 14.0. The molecule has 3 aliphatic rings. The van der Waals surface area contributed by atoms with Crippen LogP contribution in [0.2, 0.25) is 0 Å². The van der Waals surface area contributed by atoms with E-state index >= 15 is 0 Å². The highest BCUT2D eigenvalue weighted by atomic mass is 16.5. The average Bonchev–Trinajstić information content (AvgIpc) is 2.92. The third-order valence-electron chi connectivity index (χ3n) is 5.68. The van der Waals surface area contributed by atoms with Crippen LogP contribution in [0.3, 0.4) is 0 Å². The highest BCUT2D eigenvalue weighted by molar-refractivity contribution is 4.87. The lowest BCUT2D eigenvalue weighted by molar-refractivity contribution is -0.0484. The predicted octanol–water partition coefficient (Wildman–Crippen LogP) is 3.04. The van der Waals surface area contributed by atoms with Gasteiger partial charge in [0, 0.05) is 25.2 Å². The van der Waals surface area contributed by atoms with Gasteiger partial charge in [0.1, 0.15) is 0 Å². The fraction of sp³-hybridized carbons (Fsp3) is 1.00. The first-order valence-electron chi connectivity index (χ1n) is 9.29. The van der Waals surface area contributed by atoms with Crippen LogP contribution in [0.1, 0.15) is 58.8 Å². The number of nitrogens with one attached hydrogen (secondary N) is 1. The van der Waals surface area contributed by atoms with Crippen LogP contribution in [0.15, 0.2) is 0 Å². The van der Waals surface area contributed by atoms with Crippen LogP contribution in [0.4, 0.5) is 0 Å². The maximum Gasteiger partial charge on any atom is 0.0827 e. The van der Waals surface area contributed by atoms with Crippen LogP contribution >= 0.6 is 0 Å². The number of fused-ring (bicyclic) bond motifs is 1. The topological polar surface area (TPSA) is 24.5 Å². The maximum atomic E-state index is 6.07. The average molecular weight is 294 g/mol. The minimum atomic E-state index is 0.421. The zero-order valence-corrected chi connectivity index (χ0v) is 14.0. The quantitative estimate of drug-likeness (QED) is 0.843. The van der Waals surface area contributed by atoms with Crippen LogP contribution in [0.5, 0.6) is 0 Å². The highest BCUT2D eigenvalue weighted by Crippen LogP contribution is 2.29. The van der Waals surface area contributed by atoms with E-state index in [-0.39, 0.29) is 0 Å². The standard InChI is InChI=1S/C18H34N2O/c1-14(2)9-15-5-3-6-16(10-15)19-11-18-12-20-8-4-7-17(20)13-21-18/h14-19H,3-13H2,1-2H3. The third-order valence-corrected chi connectivity index (χ3v) is 5.68. The third kappa shape index (κ3) is 4.43. The molecule has 2 aliphatic heterocycles. The van der Waals surface area contributed by atoms with Gasteiger partial charge in [0.25, 0.3) is 0 Å². The number of nitrogens with zero attached hydrogens (tertiary/aromatic N) is 1. The summed E-state index contributed by atoms with van der Waals surface area (Å²) in [5.41, 5.74) is 0. The van der Waals surface area contributed by atoms with Crippen molar-refractivity contribution in [3.05, 3.63) is 0 Å². The van der Waals surface area contributed by atoms with Crippen molar-refractivity contribution < 1.29 is 4.74 Å². The van der Waals surface area contributed by atoms with Crippen LogP contribution in [-0.4, -0.2) is 49.3 Å². The second-order valence-electron chi connectivity index (χ2n) is 8.01. The van der Waals surface area contributed by atoms with Crippen molar-refractivity contribution in [1.29, 1.82) is 0 Å². The van der Waals surface area contributed by atoms with Crippen molar-refractivity contribution in [2.24, 2.45) is 11.8 Å². The maximum absolute atomic E-state index is 6.07. The SMILES string of the molecule is CC(C)CC1CCCC(NCC2CN3CCCC3CO2)C1. The van der Waals surface area contributed by atoms with Crippen LogP contribution in [-0.2, 0) is 4.74 Å². The van der Waals surface area contributed by atoms with Gasteiger partial charge in [-0.05, 0) is 50.5 Å². The molecule has 2 heterocycles. The van der Waals surface area contributed by atoms with E-state index in [0.29, 0.717) is 6.10 Å². The Morgan fingerprint density at radius 1 is 1.19 bits per heavy atom. The lowest BCUT2D eigenvalue weighted by Crippen LogP contribution is -2.51. The fourth-order valence-electron chi connectivity index (χ4n) is 4.66. The van der Waals surface area contributed by atoms with E-state index in [4.69, 9.17) is 4.74 Å². The first-order valence-corrected chi connectivity index (χ1v) is 9.29. The van der Waals surface area contributed by atoms with Gasteiger partial charge in [0.05, 0.1) is 12.7 Å². The molecule has 0 aromatic rings. The molecule has 21 heavy (non-hydrogen) atoms. The lowest BCUT2D eigenvalue weighted by atomic mass is 9.81. The Balaban J connectivity index is 1.38. The molecule has 0 aromatic carbocycles. The van der Waals surface area contributed by atoms with Gasteiger partial charge in [-0.25, -0.2) is 0 Å². The van der Waals surface area contributed by atoms with Gasteiger partial charge in [-0.1, -0.05) is 26.7 Å². The predicted molar refractivity (Wildman–Crippen MR) is 87.5 cm³/mol. The molecule has 3 heteroatoms. The van der Waals surface area contributed by atoms with E-state index in [9.17, 15) is 0 Å². The van der Waals surface area contributed by atoms with E-state index in [1.54, 1.807) is 0 Å². The normalized spacial score (nSPS) is 37.9. The minimum Gasteiger partial charge on any atom is -0.374 e. The number of morpholine rings is 1. The Labute approximate surface area is 130 Å². The summed E-state index contributed by atoms with van der Waals surface area (Å²) < 4.78 is 6.07. The van der Waals surface area contributed by atoms with Gasteiger partial charge in [0.2, 0.25) is 0 Å². The molecule has 1 saturated carbocycles. The number of ether oxygens (including phenoxy) is 1. The second kappa shape index (κ2) is 7.43. The van der Waals surface area contributed by atoms with Gasteiger partial charge in [-0.3, -0.25) is 4.90 Å². The molecular formula is C18H34N2O. The summed E-state index contributed by atoms with van der Waals surface area (Å²) in [4.78, 5) is 2.65. The van der Waals surface area contributed by atoms with Crippen molar-refractivity contribution >= 4 is 0 Å². The van der Waals surface area contributed by atoms with Gasteiger partial charge >= 0.3 is 0 Å². The zero-order chi connectivity index (χ0) is 14.7. The summed E-state index contributed by atoms with van der Waals surface area (Å²) in [5.74, 6) is 1.80. The highest BCUT2D eigenvalue weighted by Gasteiger charge is 2.32. The molecule has 3 rings (SSSR count). The van der Waals surface area contributed by atoms with Gasteiger partial charge in [-0.2, -0.15) is 0 Å². The molecule has 2 saturated heterocycles. The van der Waals surface area contributed by atoms with Crippen molar-refractivity contribution in [2.45, 2.75) is 77.0 Å². The number of hydrogen-bond donors (Lipinski definition) is 1. The minimum absolute atomic E-state index is 0.421. The molecular weight excluding hydrogens is 260 g/mol. The summed E-state index contributed by atoms with van der Waals surface area (Å²) >= 11 is 0. The van der Waals surface area contributed by atoms with Crippen molar-refractivity contribution in [3.8, 4) is 0 Å². The van der Waals surface area contributed by atoms with Crippen LogP contribution < -0.4 is 5.32 Å². The molecule has 4 unspecified atom stereocenters. The number of hydrogen-bond acceptors (Lipinski definition) is 3. The summed E-state index contributed by atoms with van der Waals surface area (Å²) in [5, 5.41) is 3.82. The first-order chi connectivity index (χ1) is 10.2.